The van der Waals surface area contributed by atoms with Gasteiger partial charge in [-0.1, -0.05) is 55.5 Å². The summed E-state index contributed by atoms with van der Waals surface area (Å²) in [5.74, 6) is -0.527. The van der Waals surface area contributed by atoms with E-state index in [1.165, 1.54) is 27.8 Å². The van der Waals surface area contributed by atoms with Gasteiger partial charge in [0.2, 0.25) is 21.8 Å². The van der Waals surface area contributed by atoms with Crippen molar-refractivity contribution in [2.45, 2.75) is 49.8 Å². The number of thiazole rings is 1. The third kappa shape index (κ3) is 9.68. The lowest BCUT2D eigenvalue weighted by atomic mass is 10.0. The molecule has 0 spiro atoms. The molecule has 3 atom stereocenters. The zero-order valence-electron chi connectivity index (χ0n) is 25.7. The van der Waals surface area contributed by atoms with Crippen LogP contribution in [0.3, 0.4) is 0 Å². The Bertz CT molecular complexity index is 1600. The topological polar surface area (TPSA) is 170 Å². The Hall–Kier alpha value is -3.63. The number of alkyl carbamates (subject to hydrolysis) is 1. The Kier molecular flexibility index (Phi) is 11.5. The minimum Gasteiger partial charge on any atom is -0.444 e. The molecule has 4 N–H and O–H groups in total. The quantitative estimate of drug-likeness (QED) is 0.202. The Morgan fingerprint density at radius 2 is 1.89 bits per heavy atom. The van der Waals surface area contributed by atoms with Crippen LogP contribution in [0.15, 0.2) is 53.4 Å². The fraction of sp³-hybridized carbons (Fsp3) is 0.467. The van der Waals surface area contributed by atoms with Crippen molar-refractivity contribution in [2.24, 2.45) is 5.92 Å². The van der Waals surface area contributed by atoms with Crippen molar-refractivity contribution in [3.05, 3.63) is 54.1 Å². The highest BCUT2D eigenvalue weighted by atomic mass is 32.2. The van der Waals surface area contributed by atoms with Crippen LogP contribution in [0.4, 0.5) is 9.93 Å². The van der Waals surface area contributed by atoms with Gasteiger partial charge < -0.3 is 30.7 Å². The second kappa shape index (κ2) is 15.1. The number of ether oxygens (including phenoxy) is 1. The number of hydrogen-bond acceptors (Lipinski definition) is 10. The van der Waals surface area contributed by atoms with Crippen molar-refractivity contribution in [3.63, 3.8) is 0 Å². The first-order chi connectivity index (χ1) is 21.3. The lowest BCUT2D eigenvalue weighted by molar-refractivity contribution is -0.119. The fourth-order valence-corrected chi connectivity index (χ4v) is 7.52. The van der Waals surface area contributed by atoms with Gasteiger partial charge in [0.25, 0.3) is 0 Å². The van der Waals surface area contributed by atoms with Crippen LogP contribution in [0, 0.1) is 5.92 Å². The van der Waals surface area contributed by atoms with Crippen molar-refractivity contribution >= 4 is 54.6 Å². The highest BCUT2D eigenvalue weighted by molar-refractivity contribution is 7.89. The van der Waals surface area contributed by atoms with Crippen LogP contribution in [0.2, 0.25) is 0 Å². The van der Waals surface area contributed by atoms with Crippen molar-refractivity contribution < 1.29 is 32.6 Å². The number of aliphatic hydroxyl groups excluding tert-OH is 1. The molecule has 0 unspecified atom stereocenters. The Balaban J connectivity index is 1.55. The number of sulfonamides is 1. The number of rotatable bonds is 14. The first-order valence-corrected chi connectivity index (χ1v) is 16.9. The summed E-state index contributed by atoms with van der Waals surface area (Å²) in [6.45, 7) is 3.94. The molecule has 2 aromatic carbocycles. The smallest absolute Gasteiger partial charge is 0.407 e. The largest absolute Gasteiger partial charge is 0.444 e. The van der Waals surface area contributed by atoms with Gasteiger partial charge in [0.1, 0.15) is 6.10 Å². The van der Waals surface area contributed by atoms with Gasteiger partial charge >= 0.3 is 6.09 Å². The van der Waals surface area contributed by atoms with E-state index in [2.05, 4.69) is 20.9 Å². The zero-order chi connectivity index (χ0) is 32.7. The third-order valence-electron chi connectivity index (χ3n) is 6.94. The fourth-order valence-electron chi connectivity index (χ4n) is 4.88. The van der Waals surface area contributed by atoms with Gasteiger partial charge in [-0.25, -0.2) is 18.2 Å². The molecule has 13 nitrogen and oxygen atoms in total. The van der Waals surface area contributed by atoms with Gasteiger partial charge in [-0.2, -0.15) is 4.31 Å². The second-order valence-corrected chi connectivity index (χ2v) is 14.7. The SMILES string of the molecule is CC(C)CN(C[C@@H](O)[C@H](Cc1ccccc1)NC(=O)O[C@@H]1CNC(=O)C1)S(=O)(=O)c1ccc2nc(NC(=O)CN(C)C)sc2c1. The highest BCUT2D eigenvalue weighted by Gasteiger charge is 2.33. The maximum absolute atomic E-state index is 14.0. The summed E-state index contributed by atoms with van der Waals surface area (Å²) in [7, 11) is -0.552. The van der Waals surface area contributed by atoms with Crippen LogP contribution in [0.1, 0.15) is 25.8 Å². The predicted molar refractivity (Wildman–Crippen MR) is 171 cm³/mol. The molecule has 244 valence electrons. The van der Waals surface area contributed by atoms with E-state index >= 15 is 0 Å². The summed E-state index contributed by atoms with van der Waals surface area (Å²) in [4.78, 5) is 42.7. The van der Waals surface area contributed by atoms with E-state index in [4.69, 9.17) is 4.74 Å². The normalized spacial score (nSPS) is 16.6. The summed E-state index contributed by atoms with van der Waals surface area (Å²) in [5, 5.41) is 19.8. The van der Waals surface area contributed by atoms with Crippen LogP contribution in [-0.2, 0) is 30.8 Å². The molecule has 0 bridgehead atoms. The third-order valence-corrected chi connectivity index (χ3v) is 9.70. The number of benzene rings is 2. The Morgan fingerprint density at radius 1 is 1.16 bits per heavy atom. The molecule has 1 saturated heterocycles. The number of carbonyl (C=O) groups is 3. The molecule has 45 heavy (non-hydrogen) atoms. The zero-order valence-corrected chi connectivity index (χ0v) is 27.4. The molecular formula is C30H40N6O7S2. The van der Waals surface area contributed by atoms with Crippen LogP contribution >= 0.6 is 11.3 Å². The molecule has 1 aliphatic rings. The van der Waals surface area contributed by atoms with Crippen molar-refractivity contribution in [3.8, 4) is 0 Å². The van der Waals surface area contributed by atoms with Gasteiger partial charge in [0.05, 0.1) is 46.8 Å². The maximum Gasteiger partial charge on any atom is 0.407 e. The number of carbonyl (C=O) groups excluding carboxylic acids is 3. The molecule has 2 heterocycles. The molecule has 1 fully saturated rings. The number of aromatic nitrogens is 1. The van der Waals surface area contributed by atoms with Gasteiger partial charge in [-0.3, -0.25) is 9.59 Å². The van der Waals surface area contributed by atoms with Crippen molar-refractivity contribution in [1.82, 2.24) is 24.8 Å². The number of anilines is 1. The number of nitrogens with zero attached hydrogens (tertiary/aromatic N) is 3. The molecule has 3 amide bonds. The molecule has 4 rings (SSSR count). The molecule has 3 aromatic rings. The second-order valence-electron chi connectivity index (χ2n) is 11.7. The number of aliphatic hydroxyl groups is 1. The van der Waals surface area contributed by atoms with E-state index in [-0.39, 0.29) is 61.6 Å². The van der Waals surface area contributed by atoms with E-state index in [1.807, 2.05) is 44.2 Å². The highest BCUT2D eigenvalue weighted by Crippen LogP contribution is 2.30. The number of amides is 3. The molecular weight excluding hydrogens is 620 g/mol. The van der Waals surface area contributed by atoms with E-state index < -0.39 is 34.4 Å². The molecule has 1 aromatic heterocycles. The van der Waals surface area contributed by atoms with Gasteiger partial charge in [-0.05, 0) is 50.2 Å². The van der Waals surface area contributed by atoms with Crippen LogP contribution < -0.4 is 16.0 Å². The number of nitrogens with one attached hydrogen (secondary N) is 3. The molecule has 1 aliphatic heterocycles. The van der Waals surface area contributed by atoms with Crippen LogP contribution in [0.25, 0.3) is 10.2 Å². The molecule has 15 heteroatoms. The van der Waals surface area contributed by atoms with Crippen molar-refractivity contribution in [2.75, 3.05) is 45.6 Å². The first kappa shape index (κ1) is 34.2. The minimum absolute atomic E-state index is 0.0167. The average molecular weight is 661 g/mol. The molecule has 0 radical (unpaired) electrons. The Labute approximate surface area is 267 Å². The minimum atomic E-state index is -4.10. The van der Waals surface area contributed by atoms with E-state index in [0.29, 0.717) is 15.3 Å². The van der Waals surface area contributed by atoms with Crippen LogP contribution in [-0.4, -0.2) is 104 Å². The van der Waals surface area contributed by atoms with Gasteiger partial charge in [0.15, 0.2) is 5.13 Å². The van der Waals surface area contributed by atoms with E-state index in [1.54, 1.807) is 25.1 Å². The monoisotopic (exact) mass is 660 g/mol. The summed E-state index contributed by atoms with van der Waals surface area (Å²) in [6.07, 6.45) is -2.48. The van der Waals surface area contributed by atoms with Crippen molar-refractivity contribution in [1.29, 1.82) is 0 Å². The number of hydrogen-bond donors (Lipinski definition) is 4. The van der Waals surface area contributed by atoms with Gasteiger partial charge in [0, 0.05) is 13.1 Å². The maximum atomic E-state index is 14.0. The first-order valence-electron chi connectivity index (χ1n) is 14.6. The predicted octanol–water partition coefficient (Wildman–Crippen LogP) is 2.03. The Morgan fingerprint density at radius 3 is 2.53 bits per heavy atom. The summed E-state index contributed by atoms with van der Waals surface area (Å²) in [6, 6.07) is 12.8. The van der Waals surface area contributed by atoms with Gasteiger partial charge in [-0.15, -0.1) is 0 Å². The van der Waals surface area contributed by atoms with Crippen LogP contribution in [0.5, 0.6) is 0 Å². The van der Waals surface area contributed by atoms with E-state index in [0.717, 1.165) is 5.56 Å². The van der Waals surface area contributed by atoms with E-state index in [9.17, 15) is 27.9 Å². The lowest BCUT2D eigenvalue weighted by Gasteiger charge is -2.30. The average Bonchev–Trinajstić information content (AvgIpc) is 3.56. The summed E-state index contributed by atoms with van der Waals surface area (Å²) < 4.78 is 35.2. The number of likely N-dealkylation sites (N-methyl/N-ethyl adjacent to an activating group) is 1. The molecule has 0 saturated carbocycles. The summed E-state index contributed by atoms with van der Waals surface area (Å²) in [5.41, 5.74) is 1.36. The number of fused-ring (bicyclic) bond motifs is 1. The standard InChI is InChI=1S/C30H40N6O7S2/c1-19(2)16-36(45(41,42)22-10-11-23-26(14-22)44-29(32-23)34-28(39)18-35(3)4)17-25(37)24(12-20-8-6-5-7-9-20)33-30(40)43-21-13-27(38)31-15-21/h5-11,14,19,21,24-25,37H,12-13,15-18H2,1-4H3,(H,31,38)(H,33,40)(H,32,34,39)/t21-,24-,25+/m0/s1. The summed E-state index contributed by atoms with van der Waals surface area (Å²) >= 11 is 1.17. The lowest BCUT2D eigenvalue weighted by Crippen LogP contribution is -2.51. The molecule has 0 aliphatic carbocycles.